The zero-order valence-electron chi connectivity index (χ0n) is 12.4. The van der Waals surface area contributed by atoms with E-state index < -0.39 is 5.82 Å². The standard InChI is InChI=1S/C17H14BrFN2O2/c1-23-10-4-2-9(3-5-10)8-21-14-7-13(19)16(18)20-15(14)11-6-12(11)17(21)22/h2-5,7,11-12H,6,8H2,1H3. The molecular weight excluding hydrogens is 363 g/mol. The van der Waals surface area contributed by atoms with E-state index in [1.807, 2.05) is 24.3 Å². The number of fused-ring (bicyclic) bond motifs is 3. The molecule has 23 heavy (non-hydrogen) atoms. The van der Waals surface area contributed by atoms with Gasteiger partial charge in [0, 0.05) is 17.9 Å². The van der Waals surface area contributed by atoms with Crippen LogP contribution in [0.15, 0.2) is 34.9 Å². The average molecular weight is 377 g/mol. The third-order valence-electron chi connectivity index (χ3n) is 4.46. The fraction of sp³-hybridized carbons (Fsp3) is 0.294. The summed E-state index contributed by atoms with van der Waals surface area (Å²) < 4.78 is 19.3. The van der Waals surface area contributed by atoms with Crippen LogP contribution in [-0.4, -0.2) is 18.0 Å². The highest BCUT2D eigenvalue weighted by Crippen LogP contribution is 2.55. The molecule has 1 aliphatic heterocycles. The van der Waals surface area contributed by atoms with Gasteiger partial charge in [-0.15, -0.1) is 0 Å². The average Bonchev–Trinajstić information content (AvgIpc) is 3.35. The maximum absolute atomic E-state index is 13.9. The van der Waals surface area contributed by atoms with Crippen molar-refractivity contribution >= 4 is 27.5 Å². The van der Waals surface area contributed by atoms with Gasteiger partial charge in [-0.1, -0.05) is 12.1 Å². The second-order valence-corrected chi connectivity index (χ2v) is 6.64. The number of halogens is 2. The first-order chi connectivity index (χ1) is 11.1. The van der Waals surface area contributed by atoms with Crippen molar-refractivity contribution < 1.29 is 13.9 Å². The Bertz CT molecular complexity index is 794. The Morgan fingerprint density at radius 3 is 2.78 bits per heavy atom. The molecule has 0 radical (unpaired) electrons. The van der Waals surface area contributed by atoms with Crippen LogP contribution in [-0.2, 0) is 11.3 Å². The third-order valence-corrected chi connectivity index (χ3v) is 5.01. The van der Waals surface area contributed by atoms with Gasteiger partial charge in [0.05, 0.1) is 25.0 Å². The quantitative estimate of drug-likeness (QED) is 0.767. The van der Waals surface area contributed by atoms with Gasteiger partial charge in [-0.2, -0.15) is 0 Å². The summed E-state index contributed by atoms with van der Waals surface area (Å²) >= 11 is 3.13. The summed E-state index contributed by atoms with van der Waals surface area (Å²) in [5, 5.41) is 0. The number of hydrogen-bond acceptors (Lipinski definition) is 3. The molecule has 1 saturated carbocycles. The van der Waals surface area contributed by atoms with Crippen molar-refractivity contribution in [1.29, 1.82) is 0 Å². The minimum atomic E-state index is -0.449. The van der Waals surface area contributed by atoms with Crippen LogP contribution in [0.25, 0.3) is 0 Å². The predicted octanol–water partition coefficient (Wildman–Crippen LogP) is 3.64. The molecule has 4 nitrogen and oxygen atoms in total. The van der Waals surface area contributed by atoms with Crippen molar-refractivity contribution in [3.05, 3.63) is 52.0 Å². The molecule has 0 N–H and O–H groups in total. The molecule has 2 heterocycles. The van der Waals surface area contributed by atoms with E-state index in [0.29, 0.717) is 12.2 Å². The first-order valence-electron chi connectivity index (χ1n) is 7.38. The highest BCUT2D eigenvalue weighted by atomic mass is 79.9. The van der Waals surface area contributed by atoms with Crippen LogP contribution in [0, 0.1) is 11.7 Å². The molecule has 2 unspecified atom stereocenters. The van der Waals surface area contributed by atoms with Gasteiger partial charge in [0.1, 0.15) is 10.4 Å². The maximum atomic E-state index is 13.9. The normalized spacial score (nSPS) is 21.7. The lowest BCUT2D eigenvalue weighted by Gasteiger charge is -2.28. The molecular formula is C17H14BrFN2O2. The molecule has 2 aliphatic rings. The summed E-state index contributed by atoms with van der Waals surface area (Å²) in [6.07, 6.45) is 0.802. The minimum absolute atomic E-state index is 0.00869. The maximum Gasteiger partial charge on any atom is 0.231 e. The number of benzene rings is 1. The van der Waals surface area contributed by atoms with Crippen LogP contribution in [0.4, 0.5) is 10.1 Å². The lowest BCUT2D eigenvalue weighted by atomic mass is 10.1. The fourth-order valence-electron chi connectivity index (χ4n) is 3.12. The summed E-state index contributed by atoms with van der Waals surface area (Å²) in [5.41, 5.74) is 2.37. The largest absolute Gasteiger partial charge is 0.497 e. The van der Waals surface area contributed by atoms with Crippen LogP contribution in [0.3, 0.4) is 0 Å². The second-order valence-electron chi connectivity index (χ2n) is 5.89. The van der Waals surface area contributed by atoms with E-state index in [-0.39, 0.29) is 22.3 Å². The molecule has 1 aromatic heterocycles. The lowest BCUT2D eigenvalue weighted by molar-refractivity contribution is -0.120. The number of methoxy groups -OCH3 is 1. The second kappa shape index (κ2) is 5.30. The number of rotatable bonds is 3. The Kier molecular flexibility index (Phi) is 3.37. The van der Waals surface area contributed by atoms with Crippen LogP contribution >= 0.6 is 15.9 Å². The van der Waals surface area contributed by atoms with Crippen molar-refractivity contribution in [2.75, 3.05) is 12.0 Å². The molecule has 0 saturated heterocycles. The lowest BCUT2D eigenvalue weighted by Crippen LogP contribution is -2.35. The van der Waals surface area contributed by atoms with Gasteiger partial charge in [0.2, 0.25) is 5.91 Å². The van der Waals surface area contributed by atoms with Crippen LogP contribution in [0.2, 0.25) is 0 Å². The van der Waals surface area contributed by atoms with Gasteiger partial charge in [-0.3, -0.25) is 4.79 Å². The first-order valence-corrected chi connectivity index (χ1v) is 8.18. The number of anilines is 1. The summed E-state index contributed by atoms with van der Waals surface area (Å²) in [6, 6.07) is 8.93. The van der Waals surface area contributed by atoms with Gasteiger partial charge in [-0.25, -0.2) is 9.37 Å². The van der Waals surface area contributed by atoms with Crippen LogP contribution in [0.1, 0.15) is 23.6 Å². The number of amides is 1. The summed E-state index contributed by atoms with van der Waals surface area (Å²) in [7, 11) is 1.61. The van der Waals surface area contributed by atoms with Gasteiger partial charge in [0.25, 0.3) is 0 Å². The molecule has 0 spiro atoms. The monoisotopic (exact) mass is 376 g/mol. The summed E-state index contributed by atoms with van der Waals surface area (Å²) in [4.78, 5) is 18.6. The summed E-state index contributed by atoms with van der Waals surface area (Å²) in [5.74, 6) is 0.502. The predicted molar refractivity (Wildman–Crippen MR) is 86.9 cm³/mol. The number of carbonyl (C=O) groups is 1. The minimum Gasteiger partial charge on any atom is -0.497 e. The first kappa shape index (κ1) is 14.6. The van der Waals surface area contributed by atoms with E-state index in [4.69, 9.17) is 4.74 Å². The van der Waals surface area contributed by atoms with E-state index in [1.165, 1.54) is 6.07 Å². The number of carbonyl (C=O) groups excluding carboxylic acids is 1. The topological polar surface area (TPSA) is 42.4 Å². The SMILES string of the molecule is COc1ccc(CN2C(=O)C3CC3c3nc(Br)c(F)cc32)cc1. The number of nitrogens with zero attached hydrogens (tertiary/aromatic N) is 2. The number of hydrogen-bond donors (Lipinski definition) is 0. The zero-order valence-corrected chi connectivity index (χ0v) is 14.0. The van der Waals surface area contributed by atoms with Gasteiger partial charge in [0.15, 0.2) is 5.82 Å². The van der Waals surface area contributed by atoms with Crippen LogP contribution in [0.5, 0.6) is 5.75 Å². The highest BCUT2D eigenvalue weighted by Gasteiger charge is 2.52. The highest BCUT2D eigenvalue weighted by molar-refractivity contribution is 9.10. The Morgan fingerprint density at radius 1 is 1.35 bits per heavy atom. The van der Waals surface area contributed by atoms with Gasteiger partial charge >= 0.3 is 0 Å². The van der Waals surface area contributed by atoms with E-state index in [9.17, 15) is 9.18 Å². The van der Waals surface area contributed by atoms with Crippen molar-refractivity contribution in [3.63, 3.8) is 0 Å². The van der Waals surface area contributed by atoms with Crippen LogP contribution < -0.4 is 9.64 Å². The van der Waals surface area contributed by atoms with Crippen molar-refractivity contribution in [2.24, 2.45) is 5.92 Å². The zero-order chi connectivity index (χ0) is 16.1. The molecule has 6 heteroatoms. The molecule has 4 rings (SSSR count). The van der Waals surface area contributed by atoms with Gasteiger partial charge in [-0.05, 0) is 40.0 Å². The molecule has 1 aromatic carbocycles. The smallest absolute Gasteiger partial charge is 0.231 e. The van der Waals surface area contributed by atoms with Crippen molar-refractivity contribution in [2.45, 2.75) is 18.9 Å². The van der Waals surface area contributed by atoms with E-state index in [2.05, 4.69) is 20.9 Å². The molecule has 2 aromatic rings. The Labute approximate surface area is 141 Å². The molecule has 1 fully saturated rings. The Morgan fingerprint density at radius 2 is 2.09 bits per heavy atom. The molecule has 2 atom stereocenters. The number of aromatic nitrogens is 1. The van der Waals surface area contributed by atoms with Crippen molar-refractivity contribution in [3.8, 4) is 5.75 Å². The molecule has 1 amide bonds. The third kappa shape index (κ3) is 2.41. The Balaban J connectivity index is 1.71. The van der Waals surface area contributed by atoms with E-state index in [0.717, 1.165) is 23.4 Å². The number of pyridine rings is 1. The number of ether oxygens (including phenoxy) is 1. The molecule has 118 valence electrons. The van der Waals surface area contributed by atoms with Crippen molar-refractivity contribution in [1.82, 2.24) is 4.98 Å². The fourth-order valence-corrected chi connectivity index (χ4v) is 3.43. The summed E-state index contributed by atoms with van der Waals surface area (Å²) in [6.45, 7) is 0.405. The van der Waals surface area contributed by atoms with Gasteiger partial charge < -0.3 is 9.64 Å². The molecule has 1 aliphatic carbocycles. The Hall–Kier alpha value is -1.95. The molecule has 0 bridgehead atoms. The van der Waals surface area contributed by atoms with E-state index >= 15 is 0 Å². The van der Waals surface area contributed by atoms with E-state index in [1.54, 1.807) is 12.0 Å².